The second-order valence-corrected chi connectivity index (χ2v) is 5.00. The Morgan fingerprint density at radius 3 is 2.58 bits per heavy atom. The molecular weight excluding hydrogens is 264 g/mol. The molecule has 2 heterocycles. The van der Waals surface area contributed by atoms with Crippen LogP contribution in [-0.4, -0.2) is 21.3 Å². The normalized spacial score (nSPS) is 10.7. The average Bonchev–Trinajstić information content (AvgIpc) is 2.89. The number of fused-ring (bicyclic) bond motifs is 1. The lowest BCUT2D eigenvalue weighted by Gasteiger charge is -2.01. The number of carboxylic acid groups (broad SMARTS) is 1. The van der Waals surface area contributed by atoms with Crippen molar-refractivity contribution < 1.29 is 9.90 Å². The molecule has 1 aromatic carbocycles. The van der Waals surface area contributed by atoms with Crippen LogP contribution in [0.25, 0.3) is 21.3 Å². The molecule has 0 aliphatic carbocycles. The number of carboxylic acids is 1. The Hall–Kier alpha value is -2.47. The van der Waals surface area contributed by atoms with Crippen molar-refractivity contribution in [2.45, 2.75) is 0 Å². The van der Waals surface area contributed by atoms with Crippen LogP contribution in [0.4, 0.5) is 0 Å². The molecule has 5 nitrogen and oxygen atoms in total. The lowest BCUT2D eigenvalue weighted by Crippen LogP contribution is -2.08. The van der Waals surface area contributed by atoms with Gasteiger partial charge in [0.2, 0.25) is 0 Å². The highest BCUT2D eigenvalue weighted by Gasteiger charge is 2.13. The van der Waals surface area contributed by atoms with Gasteiger partial charge in [-0.05, 0) is 18.2 Å². The number of carbonyl (C=O) groups is 1. The molecule has 0 bridgehead atoms. The quantitative estimate of drug-likeness (QED) is 0.750. The Morgan fingerprint density at radius 1 is 1.16 bits per heavy atom. The van der Waals surface area contributed by atoms with Crippen LogP contribution in [0.1, 0.15) is 9.67 Å². The van der Waals surface area contributed by atoms with Crippen molar-refractivity contribution in [2.75, 3.05) is 0 Å². The number of benzene rings is 1. The van der Waals surface area contributed by atoms with E-state index in [0.29, 0.717) is 21.3 Å². The van der Waals surface area contributed by atoms with E-state index >= 15 is 0 Å². The fourth-order valence-electron chi connectivity index (χ4n) is 1.88. The molecule has 0 radical (unpaired) electrons. The van der Waals surface area contributed by atoms with E-state index in [1.165, 1.54) is 6.07 Å². The molecule has 3 rings (SSSR count). The van der Waals surface area contributed by atoms with Gasteiger partial charge in [-0.2, -0.15) is 5.10 Å². The first-order valence-electron chi connectivity index (χ1n) is 5.48. The number of hydrogen-bond acceptors (Lipinski definition) is 4. The first kappa shape index (κ1) is 11.6. The fraction of sp³-hybridized carbons (Fsp3) is 0. The maximum Gasteiger partial charge on any atom is 0.345 e. The number of nitrogens with one attached hydrogen (secondary N) is 1. The second-order valence-electron chi connectivity index (χ2n) is 3.92. The molecule has 0 unspecified atom stereocenters. The van der Waals surface area contributed by atoms with Crippen molar-refractivity contribution in [2.24, 2.45) is 0 Å². The van der Waals surface area contributed by atoms with Crippen LogP contribution in [-0.2, 0) is 0 Å². The largest absolute Gasteiger partial charge is 0.477 e. The van der Waals surface area contributed by atoms with Crippen LogP contribution in [0.5, 0.6) is 0 Å². The molecule has 0 amide bonds. The van der Waals surface area contributed by atoms with Gasteiger partial charge in [0.25, 0.3) is 5.56 Å². The molecular formula is C13H8N2O3S. The van der Waals surface area contributed by atoms with Crippen molar-refractivity contribution in [3.8, 4) is 10.6 Å². The number of thiophene rings is 1. The predicted molar refractivity (Wildman–Crippen MR) is 72.6 cm³/mol. The number of aromatic amines is 1. The summed E-state index contributed by atoms with van der Waals surface area (Å²) in [5.74, 6) is -0.968. The van der Waals surface area contributed by atoms with E-state index < -0.39 is 5.97 Å². The zero-order valence-corrected chi connectivity index (χ0v) is 10.4. The van der Waals surface area contributed by atoms with Gasteiger partial charge in [-0.25, -0.2) is 9.89 Å². The molecule has 0 atom stereocenters. The number of rotatable bonds is 2. The average molecular weight is 272 g/mol. The van der Waals surface area contributed by atoms with Gasteiger partial charge >= 0.3 is 5.97 Å². The van der Waals surface area contributed by atoms with Gasteiger partial charge in [-0.15, -0.1) is 11.3 Å². The van der Waals surface area contributed by atoms with Crippen LogP contribution >= 0.6 is 11.3 Å². The van der Waals surface area contributed by atoms with Gasteiger partial charge < -0.3 is 5.11 Å². The third-order valence-corrected chi connectivity index (χ3v) is 3.83. The minimum absolute atomic E-state index is 0.243. The van der Waals surface area contributed by atoms with Crippen LogP contribution in [0.2, 0.25) is 0 Å². The van der Waals surface area contributed by atoms with E-state index in [2.05, 4.69) is 10.2 Å². The molecule has 0 saturated carbocycles. The Labute approximate surface area is 111 Å². The van der Waals surface area contributed by atoms with Gasteiger partial charge in [0.1, 0.15) is 10.6 Å². The zero-order chi connectivity index (χ0) is 13.4. The summed E-state index contributed by atoms with van der Waals surface area (Å²) in [6.07, 6.45) is 0. The van der Waals surface area contributed by atoms with E-state index in [-0.39, 0.29) is 10.4 Å². The lowest BCUT2D eigenvalue weighted by atomic mass is 10.1. The standard InChI is InChI=1S/C13H8N2O3S/c16-12-8-4-2-1-3-7(8)11(14-15-12)9-5-6-10(19-9)13(17)18/h1-6H,(H,15,16)(H,17,18). The number of nitrogens with zero attached hydrogens (tertiary/aromatic N) is 1. The lowest BCUT2D eigenvalue weighted by molar-refractivity contribution is 0.0702. The smallest absolute Gasteiger partial charge is 0.345 e. The summed E-state index contributed by atoms with van der Waals surface area (Å²) in [7, 11) is 0. The van der Waals surface area contributed by atoms with Crippen molar-refractivity contribution in [3.63, 3.8) is 0 Å². The van der Waals surface area contributed by atoms with Gasteiger partial charge in [0.05, 0.1) is 10.3 Å². The molecule has 6 heteroatoms. The molecule has 19 heavy (non-hydrogen) atoms. The molecule has 0 aliphatic heterocycles. The summed E-state index contributed by atoms with van der Waals surface area (Å²) in [5.41, 5.74) is 0.335. The van der Waals surface area contributed by atoms with Crippen LogP contribution < -0.4 is 5.56 Å². The minimum Gasteiger partial charge on any atom is -0.477 e. The molecule has 2 aromatic heterocycles. The molecule has 0 saturated heterocycles. The fourth-order valence-corrected chi connectivity index (χ4v) is 2.73. The van der Waals surface area contributed by atoms with Crippen molar-refractivity contribution >= 4 is 28.1 Å². The van der Waals surface area contributed by atoms with E-state index in [0.717, 1.165) is 11.3 Å². The van der Waals surface area contributed by atoms with E-state index in [1.807, 2.05) is 6.07 Å². The molecule has 2 N–H and O–H groups in total. The van der Waals surface area contributed by atoms with Crippen LogP contribution in [0.3, 0.4) is 0 Å². The Balaban J connectivity index is 2.27. The Bertz CT molecular complexity index is 835. The summed E-state index contributed by atoms with van der Waals surface area (Å²) in [4.78, 5) is 23.5. The van der Waals surface area contributed by atoms with Crippen molar-refractivity contribution in [1.29, 1.82) is 0 Å². The predicted octanol–water partition coefficient (Wildman–Crippen LogP) is 2.35. The molecule has 0 aliphatic rings. The third-order valence-electron chi connectivity index (χ3n) is 2.75. The highest BCUT2D eigenvalue weighted by atomic mass is 32.1. The van der Waals surface area contributed by atoms with Gasteiger partial charge in [-0.3, -0.25) is 4.79 Å². The number of aromatic carboxylic acids is 1. The van der Waals surface area contributed by atoms with E-state index in [9.17, 15) is 9.59 Å². The maximum absolute atomic E-state index is 11.7. The van der Waals surface area contributed by atoms with Crippen LogP contribution in [0.15, 0.2) is 41.2 Å². The highest BCUT2D eigenvalue weighted by Crippen LogP contribution is 2.30. The highest BCUT2D eigenvalue weighted by molar-refractivity contribution is 7.17. The first-order valence-corrected chi connectivity index (χ1v) is 6.29. The molecule has 0 fully saturated rings. The van der Waals surface area contributed by atoms with Crippen molar-refractivity contribution in [3.05, 3.63) is 51.6 Å². The zero-order valence-electron chi connectivity index (χ0n) is 9.58. The third kappa shape index (κ3) is 1.92. The van der Waals surface area contributed by atoms with E-state index in [4.69, 9.17) is 5.11 Å². The Morgan fingerprint density at radius 2 is 1.89 bits per heavy atom. The monoisotopic (exact) mass is 272 g/mol. The summed E-state index contributed by atoms with van der Waals surface area (Å²) in [5, 5.41) is 16.7. The van der Waals surface area contributed by atoms with Crippen LogP contribution in [0, 0.1) is 0 Å². The summed E-state index contributed by atoms with van der Waals surface area (Å²) >= 11 is 1.13. The van der Waals surface area contributed by atoms with E-state index in [1.54, 1.807) is 24.3 Å². The first-order chi connectivity index (χ1) is 9.16. The molecule has 3 aromatic rings. The summed E-state index contributed by atoms with van der Waals surface area (Å²) < 4.78 is 0. The van der Waals surface area contributed by atoms with Gasteiger partial charge in [-0.1, -0.05) is 18.2 Å². The SMILES string of the molecule is O=C(O)c1ccc(-c2n[nH]c(=O)c3ccccc23)s1. The van der Waals surface area contributed by atoms with Gasteiger partial charge in [0, 0.05) is 5.39 Å². The molecule has 94 valence electrons. The summed E-state index contributed by atoms with van der Waals surface area (Å²) in [6.45, 7) is 0. The number of hydrogen-bond donors (Lipinski definition) is 2. The van der Waals surface area contributed by atoms with Crippen molar-refractivity contribution in [1.82, 2.24) is 10.2 Å². The Kier molecular flexibility index (Phi) is 2.64. The minimum atomic E-state index is -0.968. The number of H-pyrrole nitrogens is 1. The van der Waals surface area contributed by atoms with Gasteiger partial charge in [0.15, 0.2) is 0 Å². The topological polar surface area (TPSA) is 83.0 Å². The number of aromatic nitrogens is 2. The maximum atomic E-state index is 11.7. The second kappa shape index (κ2) is 4.33. The molecule has 0 spiro atoms. The summed E-state index contributed by atoms with van der Waals surface area (Å²) in [6, 6.07) is 10.3.